The van der Waals surface area contributed by atoms with Gasteiger partial charge in [0.25, 0.3) is 0 Å². The SMILES string of the molecule is COC(=O)Cc1nc(COc2ccccc2)no1. The van der Waals surface area contributed by atoms with Crippen LogP contribution in [0.25, 0.3) is 0 Å². The van der Waals surface area contributed by atoms with Crippen LogP contribution in [0.1, 0.15) is 11.7 Å². The Morgan fingerprint density at radius 3 is 2.83 bits per heavy atom. The van der Waals surface area contributed by atoms with Gasteiger partial charge in [0, 0.05) is 0 Å². The lowest BCUT2D eigenvalue weighted by atomic mass is 10.3. The fraction of sp³-hybridized carbons (Fsp3) is 0.250. The van der Waals surface area contributed by atoms with Crippen molar-refractivity contribution < 1.29 is 18.8 Å². The van der Waals surface area contributed by atoms with Gasteiger partial charge in [-0.2, -0.15) is 4.98 Å². The molecule has 6 heteroatoms. The molecule has 0 saturated heterocycles. The molecule has 0 amide bonds. The number of benzene rings is 1. The van der Waals surface area contributed by atoms with E-state index in [0.717, 1.165) is 5.75 Å². The van der Waals surface area contributed by atoms with Crippen LogP contribution in [0.3, 0.4) is 0 Å². The summed E-state index contributed by atoms with van der Waals surface area (Å²) in [4.78, 5) is 15.0. The number of methoxy groups -OCH3 is 1. The fourth-order valence-electron chi connectivity index (χ4n) is 1.28. The van der Waals surface area contributed by atoms with E-state index in [1.165, 1.54) is 7.11 Å². The number of carbonyl (C=O) groups is 1. The normalized spacial score (nSPS) is 10.1. The molecule has 0 bridgehead atoms. The second-order valence-corrected chi connectivity index (χ2v) is 3.46. The zero-order valence-electron chi connectivity index (χ0n) is 9.83. The van der Waals surface area contributed by atoms with Crippen molar-refractivity contribution in [3.8, 4) is 5.75 Å². The Bertz CT molecular complexity index is 510. The number of esters is 1. The standard InChI is InChI=1S/C12H12N2O4/c1-16-12(15)7-11-13-10(14-18-11)8-17-9-5-3-2-4-6-9/h2-6H,7-8H2,1H3. The smallest absolute Gasteiger partial charge is 0.315 e. The number of nitrogens with zero attached hydrogens (tertiary/aromatic N) is 2. The first-order valence-electron chi connectivity index (χ1n) is 5.34. The number of ether oxygens (including phenoxy) is 2. The van der Waals surface area contributed by atoms with E-state index in [0.29, 0.717) is 5.82 Å². The number of hydrogen-bond donors (Lipinski definition) is 0. The molecule has 1 heterocycles. The average Bonchev–Trinajstić information content (AvgIpc) is 2.85. The van der Waals surface area contributed by atoms with Crippen LogP contribution in [0.15, 0.2) is 34.9 Å². The molecular weight excluding hydrogens is 236 g/mol. The summed E-state index contributed by atoms with van der Waals surface area (Å²) in [5.41, 5.74) is 0. The van der Waals surface area contributed by atoms with E-state index < -0.39 is 5.97 Å². The molecule has 0 aliphatic rings. The zero-order valence-corrected chi connectivity index (χ0v) is 9.83. The quantitative estimate of drug-likeness (QED) is 0.744. The molecular formula is C12H12N2O4. The topological polar surface area (TPSA) is 74.5 Å². The summed E-state index contributed by atoms with van der Waals surface area (Å²) >= 11 is 0. The number of para-hydroxylation sites is 1. The van der Waals surface area contributed by atoms with E-state index >= 15 is 0 Å². The molecule has 1 aromatic carbocycles. The molecule has 2 aromatic rings. The highest BCUT2D eigenvalue weighted by Crippen LogP contribution is 2.10. The molecule has 0 atom stereocenters. The van der Waals surface area contributed by atoms with Gasteiger partial charge in [0.2, 0.25) is 11.7 Å². The predicted molar refractivity (Wildman–Crippen MR) is 60.8 cm³/mol. The second kappa shape index (κ2) is 5.81. The van der Waals surface area contributed by atoms with Crippen LogP contribution in [0.2, 0.25) is 0 Å². The van der Waals surface area contributed by atoms with E-state index in [4.69, 9.17) is 9.26 Å². The van der Waals surface area contributed by atoms with Gasteiger partial charge in [-0.05, 0) is 12.1 Å². The van der Waals surface area contributed by atoms with Gasteiger partial charge >= 0.3 is 5.97 Å². The third kappa shape index (κ3) is 3.31. The lowest BCUT2D eigenvalue weighted by Gasteiger charge is -2.01. The van der Waals surface area contributed by atoms with Crippen LogP contribution in [-0.2, 0) is 22.6 Å². The lowest BCUT2D eigenvalue weighted by Crippen LogP contribution is -2.05. The first-order valence-corrected chi connectivity index (χ1v) is 5.34. The maximum Gasteiger partial charge on any atom is 0.315 e. The van der Waals surface area contributed by atoms with Gasteiger partial charge in [0.15, 0.2) is 6.61 Å². The molecule has 18 heavy (non-hydrogen) atoms. The van der Waals surface area contributed by atoms with E-state index in [-0.39, 0.29) is 18.9 Å². The molecule has 1 aromatic heterocycles. The summed E-state index contributed by atoms with van der Waals surface area (Å²) in [5, 5.41) is 3.70. The summed E-state index contributed by atoms with van der Waals surface area (Å²) in [5.74, 6) is 0.900. The van der Waals surface area contributed by atoms with Gasteiger partial charge in [-0.1, -0.05) is 23.4 Å². The maximum atomic E-state index is 11.0. The van der Waals surface area contributed by atoms with Crippen LogP contribution in [0, 0.1) is 0 Å². The van der Waals surface area contributed by atoms with Gasteiger partial charge in [0.05, 0.1) is 7.11 Å². The van der Waals surface area contributed by atoms with E-state index in [2.05, 4.69) is 14.9 Å². The van der Waals surface area contributed by atoms with Crippen molar-refractivity contribution in [2.24, 2.45) is 0 Å². The minimum atomic E-state index is -0.422. The molecule has 0 unspecified atom stereocenters. The summed E-state index contributed by atoms with van der Waals surface area (Å²) in [6.45, 7) is 0.189. The van der Waals surface area contributed by atoms with Gasteiger partial charge < -0.3 is 14.0 Å². The number of hydrogen-bond acceptors (Lipinski definition) is 6. The van der Waals surface area contributed by atoms with Crippen molar-refractivity contribution >= 4 is 5.97 Å². The van der Waals surface area contributed by atoms with Gasteiger partial charge in [-0.25, -0.2) is 0 Å². The van der Waals surface area contributed by atoms with Crippen molar-refractivity contribution in [3.05, 3.63) is 42.0 Å². The molecule has 94 valence electrons. The van der Waals surface area contributed by atoms with Crippen LogP contribution < -0.4 is 4.74 Å². The highest BCUT2D eigenvalue weighted by Gasteiger charge is 2.11. The van der Waals surface area contributed by atoms with Crippen LogP contribution >= 0.6 is 0 Å². The first-order chi connectivity index (χ1) is 8.78. The number of carbonyl (C=O) groups excluding carboxylic acids is 1. The summed E-state index contributed by atoms with van der Waals surface area (Å²) in [6, 6.07) is 9.29. The Hall–Kier alpha value is -2.37. The summed E-state index contributed by atoms with van der Waals surface area (Å²) < 4.78 is 14.8. The lowest BCUT2D eigenvalue weighted by molar-refractivity contribution is -0.140. The molecule has 0 fully saturated rings. The highest BCUT2D eigenvalue weighted by molar-refractivity contribution is 5.70. The molecule has 6 nitrogen and oxygen atoms in total. The van der Waals surface area contributed by atoms with Crippen LogP contribution in [0.4, 0.5) is 0 Å². The second-order valence-electron chi connectivity index (χ2n) is 3.46. The highest BCUT2D eigenvalue weighted by atomic mass is 16.5. The maximum absolute atomic E-state index is 11.0. The fourth-order valence-corrected chi connectivity index (χ4v) is 1.28. The molecule has 0 N–H and O–H groups in total. The predicted octanol–water partition coefficient (Wildman–Crippen LogP) is 1.36. The van der Waals surface area contributed by atoms with Gasteiger partial charge in [-0.15, -0.1) is 0 Å². The summed E-state index contributed by atoms with van der Waals surface area (Å²) in [6.07, 6.45) is -0.0329. The van der Waals surface area contributed by atoms with Crippen LogP contribution in [0.5, 0.6) is 5.75 Å². The Labute approximate surface area is 104 Å². The van der Waals surface area contributed by atoms with Crippen molar-refractivity contribution in [2.45, 2.75) is 13.0 Å². The van der Waals surface area contributed by atoms with E-state index in [1.807, 2.05) is 30.3 Å². The third-order valence-corrected chi connectivity index (χ3v) is 2.14. The van der Waals surface area contributed by atoms with Gasteiger partial charge in [-0.3, -0.25) is 4.79 Å². The monoisotopic (exact) mass is 248 g/mol. The average molecular weight is 248 g/mol. The minimum absolute atomic E-state index is 0.0329. The molecule has 0 aliphatic heterocycles. The third-order valence-electron chi connectivity index (χ3n) is 2.14. The van der Waals surface area contributed by atoms with Crippen molar-refractivity contribution in [3.63, 3.8) is 0 Å². The number of aromatic nitrogens is 2. The molecule has 0 saturated carbocycles. The summed E-state index contributed by atoms with van der Waals surface area (Å²) in [7, 11) is 1.30. The Morgan fingerprint density at radius 2 is 2.11 bits per heavy atom. The van der Waals surface area contributed by atoms with Gasteiger partial charge in [0.1, 0.15) is 12.2 Å². The van der Waals surface area contributed by atoms with Crippen molar-refractivity contribution in [1.29, 1.82) is 0 Å². The molecule has 0 aliphatic carbocycles. The number of rotatable bonds is 5. The Morgan fingerprint density at radius 1 is 1.33 bits per heavy atom. The zero-order chi connectivity index (χ0) is 12.8. The molecule has 2 rings (SSSR count). The largest absolute Gasteiger partial charge is 0.485 e. The minimum Gasteiger partial charge on any atom is -0.485 e. The Balaban J connectivity index is 1.89. The molecule has 0 spiro atoms. The van der Waals surface area contributed by atoms with E-state index in [1.54, 1.807) is 0 Å². The van der Waals surface area contributed by atoms with Crippen molar-refractivity contribution in [1.82, 2.24) is 10.1 Å². The van der Waals surface area contributed by atoms with E-state index in [9.17, 15) is 4.79 Å². The van der Waals surface area contributed by atoms with Crippen LogP contribution in [-0.4, -0.2) is 23.2 Å². The first kappa shape index (κ1) is 12.1. The molecule has 0 radical (unpaired) electrons. The van der Waals surface area contributed by atoms with Crippen molar-refractivity contribution in [2.75, 3.05) is 7.11 Å². The Kier molecular flexibility index (Phi) is 3.90.